The van der Waals surface area contributed by atoms with Crippen molar-refractivity contribution in [2.24, 2.45) is 112 Å². The summed E-state index contributed by atoms with van der Waals surface area (Å²) in [5.74, 6) is 21.9. The van der Waals surface area contributed by atoms with E-state index in [1.54, 1.807) is 24.8 Å². The highest BCUT2D eigenvalue weighted by atomic mass is 32.2. The van der Waals surface area contributed by atoms with Crippen molar-refractivity contribution in [2.75, 3.05) is 0 Å². The first kappa shape index (κ1) is 63.5. The predicted molar refractivity (Wildman–Crippen MR) is 360 cm³/mol. The summed E-state index contributed by atoms with van der Waals surface area (Å²) < 4.78 is 0. The quantitative estimate of drug-likeness (QED) is 0.112. The molecule has 3 aliphatic heterocycles. The van der Waals surface area contributed by atoms with Gasteiger partial charge in [-0.15, -0.1) is 0 Å². The van der Waals surface area contributed by atoms with Gasteiger partial charge >= 0.3 is 0 Å². The number of hydrogen-bond acceptors (Lipinski definition) is 3. The molecule has 9 rings (SSSR count). The molecule has 21 unspecified atom stereocenters. The topological polar surface area (TPSA) is 0 Å². The van der Waals surface area contributed by atoms with Gasteiger partial charge in [0.25, 0.3) is 0 Å². The van der Waals surface area contributed by atoms with Crippen molar-refractivity contribution in [1.82, 2.24) is 0 Å². The molecule has 0 amide bonds. The molecule has 23 atom stereocenters. The Morgan fingerprint density at radius 3 is 1.12 bits per heavy atom. The van der Waals surface area contributed by atoms with E-state index in [1.165, 1.54) is 109 Å². The fourth-order valence-electron chi connectivity index (χ4n) is 24.7. The summed E-state index contributed by atoms with van der Waals surface area (Å²) in [6.45, 7) is 53.2. The molecule has 6 heteroatoms. The monoisotopic (exact) mass is 1120 g/mol. The molecule has 0 radical (unpaired) electrons. The molecule has 9 aliphatic rings. The Labute approximate surface area is 502 Å². The van der Waals surface area contributed by atoms with Crippen molar-refractivity contribution in [2.45, 2.75) is 326 Å². The lowest BCUT2D eigenvalue weighted by Crippen LogP contribution is -2.49. The average Bonchev–Trinajstić information content (AvgIpc) is 4.31. The third kappa shape index (κ3) is 14.0. The smallest absolute Gasteiger partial charge is 0.163 e. The molecule has 444 valence electrons. The SMILES string of the molecule is CCC(C)CC(C)C(C)B(C1C(C)CC(C)CC1C)[C@H]1CCC(C2CC(C3CCC(B(C4C(C)CC(C)CC4C)C4C(C)CC(C)CC4C)S3)CC(C3CC[C@@H](B(C4C(C)C=C(C)CC4C)C4C(C)CC(C)CC4C)S3)C2)S1. The van der Waals surface area contributed by atoms with Crippen LogP contribution in [0.5, 0.6) is 0 Å². The number of hydrogen-bond donors (Lipinski definition) is 0. The van der Waals surface area contributed by atoms with Gasteiger partial charge in [-0.2, -0.15) is 35.3 Å². The van der Waals surface area contributed by atoms with Crippen LogP contribution in [0.1, 0.15) is 260 Å². The predicted octanol–water partition coefficient (Wildman–Crippen LogP) is 22.7. The second kappa shape index (κ2) is 27.4. The van der Waals surface area contributed by atoms with Crippen molar-refractivity contribution in [1.29, 1.82) is 0 Å². The minimum absolute atomic E-state index is 0.725. The molecule has 0 bridgehead atoms. The van der Waals surface area contributed by atoms with Gasteiger partial charge in [0.05, 0.1) is 0 Å². The summed E-state index contributed by atoms with van der Waals surface area (Å²) in [7, 11) is 0. The van der Waals surface area contributed by atoms with Gasteiger partial charge in [-0.25, -0.2) is 0 Å². The van der Waals surface area contributed by atoms with Crippen molar-refractivity contribution >= 4 is 55.4 Å². The van der Waals surface area contributed by atoms with Crippen LogP contribution < -0.4 is 0 Å². The normalized spacial score (nSPS) is 49.7. The molecular formula is C72H129B3S3. The van der Waals surface area contributed by atoms with E-state index in [4.69, 9.17) is 0 Å². The fraction of sp³-hybridized carbons (Fsp3) is 0.972. The van der Waals surface area contributed by atoms with E-state index >= 15 is 0 Å². The molecule has 5 saturated carbocycles. The zero-order chi connectivity index (χ0) is 56.2. The summed E-state index contributed by atoms with van der Waals surface area (Å²) >= 11 is 7.99. The maximum Gasteiger partial charge on any atom is 0.163 e. The summed E-state index contributed by atoms with van der Waals surface area (Å²) in [5.41, 5.74) is 1.68. The Balaban J connectivity index is 1.01. The van der Waals surface area contributed by atoms with E-state index in [-0.39, 0.29) is 0 Å². The summed E-state index contributed by atoms with van der Waals surface area (Å²) in [5, 5.41) is 5.29. The van der Waals surface area contributed by atoms with Gasteiger partial charge in [0.1, 0.15) is 0 Å². The number of thioether (sulfide) groups is 3. The van der Waals surface area contributed by atoms with Crippen LogP contribution >= 0.6 is 35.3 Å². The fourth-order valence-corrected chi connectivity index (χ4v) is 30.7. The lowest BCUT2D eigenvalue weighted by molar-refractivity contribution is 0.181. The van der Waals surface area contributed by atoms with Crippen molar-refractivity contribution in [3.8, 4) is 0 Å². The van der Waals surface area contributed by atoms with Crippen molar-refractivity contribution < 1.29 is 0 Å². The van der Waals surface area contributed by atoms with Gasteiger partial charge in [-0.05, 0) is 257 Å². The first-order chi connectivity index (χ1) is 37.0. The van der Waals surface area contributed by atoms with E-state index in [2.05, 4.69) is 173 Å². The van der Waals surface area contributed by atoms with Gasteiger partial charge in [-0.1, -0.05) is 178 Å². The molecule has 0 aromatic heterocycles. The third-order valence-electron chi connectivity index (χ3n) is 27.0. The van der Waals surface area contributed by atoms with E-state index in [9.17, 15) is 0 Å². The number of allylic oxidation sites excluding steroid dienone is 2. The van der Waals surface area contributed by atoms with Crippen LogP contribution in [0.3, 0.4) is 0 Å². The van der Waals surface area contributed by atoms with E-state index in [0.717, 1.165) is 199 Å². The van der Waals surface area contributed by atoms with Crippen LogP contribution in [0, 0.1) is 112 Å². The molecule has 3 heterocycles. The Morgan fingerprint density at radius 1 is 0.423 bits per heavy atom. The number of rotatable bonds is 16. The maximum absolute atomic E-state index is 2.78. The van der Waals surface area contributed by atoms with Crippen LogP contribution in [0.15, 0.2) is 11.6 Å². The van der Waals surface area contributed by atoms with Gasteiger partial charge in [0.2, 0.25) is 0 Å². The first-order valence-corrected chi connectivity index (χ1v) is 38.5. The van der Waals surface area contributed by atoms with Crippen LogP contribution in [-0.2, 0) is 0 Å². The summed E-state index contributed by atoms with van der Waals surface area (Å²) in [4.78, 5) is 0. The average molecular weight is 1120 g/mol. The van der Waals surface area contributed by atoms with Gasteiger partial charge < -0.3 is 0 Å². The molecule has 0 spiro atoms. The summed E-state index contributed by atoms with van der Waals surface area (Å²) in [6, 6.07) is 0. The van der Waals surface area contributed by atoms with Gasteiger partial charge in [-0.3, -0.25) is 0 Å². The maximum atomic E-state index is 2.78. The molecule has 0 N–H and O–H groups in total. The zero-order valence-corrected chi connectivity index (χ0v) is 57.5. The minimum atomic E-state index is 0.725. The molecule has 0 nitrogen and oxygen atoms in total. The van der Waals surface area contributed by atoms with Gasteiger partial charge in [0, 0.05) is 15.7 Å². The molecule has 6 aliphatic carbocycles. The van der Waals surface area contributed by atoms with Crippen LogP contribution in [0.25, 0.3) is 0 Å². The first-order valence-electron chi connectivity index (χ1n) is 35.6. The minimum Gasteiger partial charge on any atom is -0.163 e. The molecule has 8 fully saturated rings. The van der Waals surface area contributed by atoms with Crippen LogP contribution in [0.2, 0.25) is 34.9 Å². The van der Waals surface area contributed by atoms with E-state index in [1.807, 2.05) is 0 Å². The molecule has 0 aromatic rings. The van der Waals surface area contributed by atoms with Crippen molar-refractivity contribution in [3.05, 3.63) is 11.6 Å². The third-order valence-corrected chi connectivity index (χ3v) is 32.7. The molecule has 0 aromatic carbocycles. The highest BCUT2D eigenvalue weighted by Crippen LogP contribution is 2.63. The highest BCUT2D eigenvalue weighted by Gasteiger charge is 2.56. The van der Waals surface area contributed by atoms with E-state index in [0.29, 0.717) is 0 Å². The molecule has 3 saturated heterocycles. The second-order valence-electron chi connectivity index (χ2n) is 33.7. The Bertz CT molecular complexity index is 1830. The molecule has 78 heavy (non-hydrogen) atoms. The largest absolute Gasteiger partial charge is 0.163 e. The van der Waals surface area contributed by atoms with Gasteiger partial charge in [0.15, 0.2) is 20.1 Å². The highest BCUT2D eigenvalue weighted by molar-refractivity contribution is 8.02. The lowest BCUT2D eigenvalue weighted by atomic mass is 9.23. The zero-order valence-electron chi connectivity index (χ0n) is 55.1. The lowest BCUT2D eigenvalue weighted by Gasteiger charge is -2.51. The van der Waals surface area contributed by atoms with Crippen LogP contribution in [0.4, 0.5) is 0 Å². The molecular weight excluding hydrogens is 993 g/mol. The second-order valence-corrected chi connectivity index (χ2v) is 38.2. The Kier molecular flexibility index (Phi) is 22.3. The Hall–Kier alpha value is 0.985. The van der Waals surface area contributed by atoms with Crippen molar-refractivity contribution in [3.63, 3.8) is 0 Å². The summed E-state index contributed by atoms with van der Waals surface area (Å²) in [6.07, 6.45) is 32.5. The standard InChI is InChI=1S/C72H129B3S3/c1-20-41(2)27-47(8)58(19)73(68-48(9)28-42(3)29-49(68)10)65-24-21-62(76-65)59-38-60(63-22-25-66(77-63)74(69-50(11)30-43(4)31-51(69)12)70-52(13)32-44(5)33-53(70)14)40-61(39-59)64-23-26-67(78-64)75(71-54(15)34-45(6)35-55(71)16)72-56(17)36-46(7)37-57(72)18/h30,41-42,44-72H,20-29,31-40H2,1-19H3/t41?,42?,44?,45?,46?,47?,48?,49?,50?,51?,52?,53?,54?,55?,56?,57?,58?,59?,60?,61?,62?,63?,64?,65-,66+,67?,68?,69?,70?,71?,72?/m1/s1. The Morgan fingerprint density at radius 2 is 0.756 bits per heavy atom. The van der Waals surface area contributed by atoms with Crippen LogP contribution in [-0.4, -0.2) is 51.3 Å². The van der Waals surface area contributed by atoms with E-state index < -0.39 is 0 Å².